The van der Waals surface area contributed by atoms with Gasteiger partial charge in [-0.3, -0.25) is 4.98 Å². The molecular formula is C16H21N3O4. The van der Waals surface area contributed by atoms with E-state index in [2.05, 4.69) is 10.3 Å². The van der Waals surface area contributed by atoms with Gasteiger partial charge in [-0.15, -0.1) is 0 Å². The molecule has 0 saturated carbocycles. The number of carbonyl (C=O) groups is 2. The second-order valence-corrected chi connectivity index (χ2v) is 4.64. The van der Waals surface area contributed by atoms with Gasteiger partial charge in [-0.25, -0.2) is 9.59 Å². The zero-order valence-electron chi connectivity index (χ0n) is 13.7. The van der Waals surface area contributed by atoms with Gasteiger partial charge in [0, 0.05) is 32.7 Å². The minimum absolute atomic E-state index is 0.176. The summed E-state index contributed by atoms with van der Waals surface area (Å²) in [4.78, 5) is 29.7. The Morgan fingerprint density at radius 2 is 2.04 bits per heavy atom. The summed E-state index contributed by atoms with van der Waals surface area (Å²) in [6.45, 7) is 1.95. The number of nitrogens with zero attached hydrogens (tertiary/aromatic N) is 2. The Bertz CT molecular complexity index is 595. The lowest BCUT2D eigenvalue weighted by atomic mass is 10.2. The van der Waals surface area contributed by atoms with Gasteiger partial charge >= 0.3 is 11.9 Å². The van der Waals surface area contributed by atoms with Crippen molar-refractivity contribution >= 4 is 17.5 Å². The second-order valence-electron chi connectivity index (χ2n) is 4.64. The normalized spacial score (nSPS) is 11.7. The van der Waals surface area contributed by atoms with Crippen molar-refractivity contribution in [2.24, 2.45) is 0 Å². The van der Waals surface area contributed by atoms with Gasteiger partial charge in [-0.1, -0.05) is 6.07 Å². The Hall–Kier alpha value is -2.83. The van der Waals surface area contributed by atoms with E-state index in [0.29, 0.717) is 5.69 Å². The molecule has 7 heteroatoms. The lowest BCUT2D eigenvalue weighted by Gasteiger charge is -2.12. The number of aromatic nitrogens is 1. The highest BCUT2D eigenvalue weighted by Crippen LogP contribution is 2.13. The summed E-state index contributed by atoms with van der Waals surface area (Å²) in [6, 6.07) is 5.18. The number of hydrogen-bond acceptors (Lipinski definition) is 7. The van der Waals surface area contributed by atoms with Crippen LogP contribution in [0.4, 0.5) is 0 Å². The molecule has 0 unspecified atom stereocenters. The first-order valence-electron chi connectivity index (χ1n) is 7.01. The van der Waals surface area contributed by atoms with Crippen LogP contribution in [0, 0.1) is 0 Å². The molecule has 1 aromatic rings. The van der Waals surface area contributed by atoms with Crippen LogP contribution in [0.2, 0.25) is 0 Å². The fraction of sp³-hybridized carbons (Fsp3) is 0.312. The van der Waals surface area contributed by atoms with Crippen LogP contribution in [0.15, 0.2) is 42.5 Å². The average Bonchev–Trinajstić information content (AvgIpc) is 2.54. The first kappa shape index (κ1) is 18.2. The van der Waals surface area contributed by atoms with Crippen molar-refractivity contribution in [2.75, 3.05) is 27.8 Å². The average molecular weight is 319 g/mol. The molecule has 0 aliphatic carbocycles. The molecule has 0 fully saturated rings. The van der Waals surface area contributed by atoms with E-state index in [1.54, 1.807) is 56.5 Å². The second kappa shape index (κ2) is 9.24. The monoisotopic (exact) mass is 319 g/mol. The summed E-state index contributed by atoms with van der Waals surface area (Å²) in [7, 11) is 4.81. The molecule has 1 heterocycles. The molecule has 0 aromatic carbocycles. The van der Waals surface area contributed by atoms with Crippen LogP contribution in [0.3, 0.4) is 0 Å². The van der Waals surface area contributed by atoms with E-state index < -0.39 is 11.9 Å². The summed E-state index contributed by atoms with van der Waals surface area (Å²) >= 11 is 0. The number of nitrogens with one attached hydrogen (secondary N) is 1. The van der Waals surface area contributed by atoms with E-state index in [4.69, 9.17) is 9.47 Å². The molecule has 1 N–H and O–H groups in total. The molecule has 1 rings (SSSR count). The SMILES string of the molecule is CCOC(=O)/C(=C/N/C(=C\N(C)C)C(=O)OC)c1ccccn1. The van der Waals surface area contributed by atoms with Crippen LogP contribution in [0.5, 0.6) is 0 Å². The molecule has 0 spiro atoms. The van der Waals surface area contributed by atoms with Crippen molar-refractivity contribution in [3.63, 3.8) is 0 Å². The van der Waals surface area contributed by atoms with Crippen molar-refractivity contribution in [3.05, 3.63) is 48.2 Å². The van der Waals surface area contributed by atoms with Gasteiger partial charge in [-0.05, 0) is 19.1 Å². The van der Waals surface area contributed by atoms with Crippen LogP contribution in [0.1, 0.15) is 12.6 Å². The third-order valence-electron chi connectivity index (χ3n) is 2.60. The Kier molecular flexibility index (Phi) is 7.32. The fourth-order valence-corrected chi connectivity index (χ4v) is 1.64. The van der Waals surface area contributed by atoms with Crippen LogP contribution < -0.4 is 5.32 Å². The van der Waals surface area contributed by atoms with Crippen molar-refractivity contribution in [2.45, 2.75) is 6.92 Å². The van der Waals surface area contributed by atoms with Crippen LogP contribution in [-0.2, 0) is 19.1 Å². The molecule has 124 valence electrons. The van der Waals surface area contributed by atoms with Crippen LogP contribution >= 0.6 is 0 Å². The fourth-order valence-electron chi connectivity index (χ4n) is 1.64. The molecule has 0 bridgehead atoms. The van der Waals surface area contributed by atoms with Crippen molar-refractivity contribution in [3.8, 4) is 0 Å². The van der Waals surface area contributed by atoms with Gasteiger partial charge in [0.15, 0.2) is 0 Å². The van der Waals surface area contributed by atoms with E-state index in [1.807, 2.05) is 0 Å². The lowest BCUT2D eigenvalue weighted by Crippen LogP contribution is -2.21. The molecule has 1 aromatic heterocycles. The molecule has 0 radical (unpaired) electrons. The van der Waals surface area contributed by atoms with Crippen molar-refractivity contribution in [1.29, 1.82) is 0 Å². The number of methoxy groups -OCH3 is 1. The molecular weight excluding hydrogens is 298 g/mol. The van der Waals surface area contributed by atoms with Crippen molar-refractivity contribution < 1.29 is 19.1 Å². The predicted octanol–water partition coefficient (Wildman–Crippen LogP) is 1.15. The third-order valence-corrected chi connectivity index (χ3v) is 2.60. The highest BCUT2D eigenvalue weighted by atomic mass is 16.5. The van der Waals surface area contributed by atoms with Crippen molar-refractivity contribution in [1.82, 2.24) is 15.2 Å². The first-order chi connectivity index (χ1) is 11.0. The van der Waals surface area contributed by atoms with Gasteiger partial charge in [0.1, 0.15) is 11.3 Å². The number of esters is 2. The Morgan fingerprint density at radius 3 is 2.57 bits per heavy atom. The lowest BCUT2D eigenvalue weighted by molar-refractivity contribution is -0.137. The quantitative estimate of drug-likeness (QED) is 0.596. The van der Waals surface area contributed by atoms with E-state index in [0.717, 1.165) is 0 Å². The molecule has 7 nitrogen and oxygen atoms in total. The van der Waals surface area contributed by atoms with E-state index in [9.17, 15) is 9.59 Å². The van der Waals surface area contributed by atoms with Crippen LogP contribution in [-0.4, -0.2) is 49.6 Å². The maximum atomic E-state index is 12.1. The summed E-state index contributed by atoms with van der Waals surface area (Å²) in [5.74, 6) is -1.09. The standard InChI is InChI=1S/C16H21N3O4/c1-5-23-15(20)12(13-8-6-7-9-17-13)10-18-14(11-19(2)3)16(21)22-4/h6-11,18H,5H2,1-4H3/b12-10+,14-11-. The van der Waals surface area contributed by atoms with E-state index >= 15 is 0 Å². The van der Waals surface area contributed by atoms with Gasteiger partial charge in [-0.2, -0.15) is 0 Å². The smallest absolute Gasteiger partial charge is 0.355 e. The molecule has 0 aliphatic rings. The number of hydrogen-bond donors (Lipinski definition) is 1. The maximum Gasteiger partial charge on any atom is 0.355 e. The predicted molar refractivity (Wildman–Crippen MR) is 85.8 cm³/mol. The minimum Gasteiger partial charge on any atom is -0.464 e. The highest BCUT2D eigenvalue weighted by Gasteiger charge is 2.16. The summed E-state index contributed by atoms with van der Waals surface area (Å²) in [6.07, 6.45) is 4.50. The zero-order valence-corrected chi connectivity index (χ0v) is 13.7. The topological polar surface area (TPSA) is 80.8 Å². The number of pyridine rings is 1. The van der Waals surface area contributed by atoms with Gasteiger partial charge < -0.3 is 19.7 Å². The Labute approximate surface area is 135 Å². The Balaban J connectivity index is 3.13. The molecule has 23 heavy (non-hydrogen) atoms. The van der Waals surface area contributed by atoms with E-state index in [1.165, 1.54) is 13.3 Å². The van der Waals surface area contributed by atoms with Gasteiger partial charge in [0.25, 0.3) is 0 Å². The molecule has 0 saturated heterocycles. The largest absolute Gasteiger partial charge is 0.464 e. The molecule has 0 amide bonds. The summed E-state index contributed by atoms with van der Waals surface area (Å²) in [5.41, 5.74) is 0.823. The number of ether oxygens (including phenoxy) is 2. The number of carbonyl (C=O) groups excluding carboxylic acids is 2. The van der Waals surface area contributed by atoms with E-state index in [-0.39, 0.29) is 17.9 Å². The maximum absolute atomic E-state index is 12.1. The molecule has 0 atom stereocenters. The van der Waals surface area contributed by atoms with Gasteiger partial charge in [0.2, 0.25) is 0 Å². The minimum atomic E-state index is -0.556. The van der Waals surface area contributed by atoms with Gasteiger partial charge in [0.05, 0.1) is 19.4 Å². The van der Waals surface area contributed by atoms with Crippen LogP contribution in [0.25, 0.3) is 5.57 Å². The summed E-state index contributed by atoms with van der Waals surface area (Å²) < 4.78 is 9.73. The third kappa shape index (κ3) is 5.82. The highest BCUT2D eigenvalue weighted by molar-refractivity contribution is 6.15. The summed E-state index contributed by atoms with van der Waals surface area (Å²) in [5, 5.41) is 2.78. The molecule has 0 aliphatic heterocycles. The first-order valence-corrected chi connectivity index (χ1v) is 7.01. The number of rotatable bonds is 7. The zero-order chi connectivity index (χ0) is 17.2. The Morgan fingerprint density at radius 1 is 1.30 bits per heavy atom.